The van der Waals surface area contributed by atoms with Gasteiger partial charge in [-0.25, -0.2) is 13.2 Å². The van der Waals surface area contributed by atoms with Gasteiger partial charge in [0.2, 0.25) is 0 Å². The second-order valence-electron chi connectivity index (χ2n) is 5.08. The molecule has 24 heavy (non-hydrogen) atoms. The van der Waals surface area contributed by atoms with Crippen LogP contribution in [0.3, 0.4) is 0 Å². The minimum Gasteiger partial charge on any atom is -0.462 e. The van der Waals surface area contributed by atoms with E-state index < -0.39 is 16.0 Å². The molecule has 0 amide bonds. The number of ether oxygens (including phenoxy) is 1. The third-order valence-electron chi connectivity index (χ3n) is 3.27. The molecule has 0 spiro atoms. The van der Waals surface area contributed by atoms with Crippen LogP contribution in [0.2, 0.25) is 0 Å². The lowest BCUT2D eigenvalue weighted by atomic mass is 10.1. The summed E-state index contributed by atoms with van der Waals surface area (Å²) in [6.07, 6.45) is 1.17. The number of benzene rings is 2. The van der Waals surface area contributed by atoms with E-state index in [0.717, 1.165) is 5.56 Å². The Balaban J connectivity index is 2.33. The summed E-state index contributed by atoms with van der Waals surface area (Å²) >= 11 is 0. The molecule has 5 nitrogen and oxygen atoms in total. The van der Waals surface area contributed by atoms with Crippen molar-refractivity contribution >= 4 is 21.6 Å². The molecule has 0 aliphatic rings. The first-order valence-corrected chi connectivity index (χ1v) is 8.94. The molecule has 1 N–H and O–H groups in total. The lowest BCUT2D eigenvalue weighted by Crippen LogP contribution is -2.20. The molecule has 2 rings (SSSR count). The maximum Gasteiger partial charge on any atom is 0.340 e. The molecule has 0 saturated carbocycles. The average molecular weight is 345 g/mol. The largest absolute Gasteiger partial charge is 0.462 e. The zero-order valence-corrected chi connectivity index (χ0v) is 14.3. The van der Waals surface area contributed by atoms with E-state index >= 15 is 0 Å². The number of hydrogen-bond acceptors (Lipinski definition) is 4. The number of sulfonamides is 1. The fraction of sp³-hybridized carbons (Fsp3) is 0.167. The first kappa shape index (κ1) is 17.7. The van der Waals surface area contributed by atoms with Crippen LogP contribution in [0.5, 0.6) is 0 Å². The van der Waals surface area contributed by atoms with E-state index in [0.29, 0.717) is 5.56 Å². The summed E-state index contributed by atoms with van der Waals surface area (Å²) in [4.78, 5) is 12.2. The van der Waals surface area contributed by atoms with Gasteiger partial charge in [0.15, 0.2) is 0 Å². The van der Waals surface area contributed by atoms with Gasteiger partial charge in [-0.3, -0.25) is 4.72 Å². The van der Waals surface area contributed by atoms with Crippen molar-refractivity contribution in [3.05, 3.63) is 71.9 Å². The number of aryl methyl sites for hydroxylation is 1. The monoisotopic (exact) mass is 345 g/mol. The summed E-state index contributed by atoms with van der Waals surface area (Å²) in [5.41, 5.74) is 1.68. The number of esters is 1. The summed E-state index contributed by atoms with van der Waals surface area (Å²) in [5, 5.41) is 0. The van der Waals surface area contributed by atoms with Gasteiger partial charge in [-0.1, -0.05) is 48.0 Å². The van der Waals surface area contributed by atoms with Gasteiger partial charge in [-0.05, 0) is 31.5 Å². The summed E-state index contributed by atoms with van der Waals surface area (Å²) in [6.45, 7) is 3.77. The van der Waals surface area contributed by atoms with Crippen molar-refractivity contribution in [3.8, 4) is 0 Å². The molecule has 0 aliphatic carbocycles. The Bertz CT molecular complexity index is 825. The SMILES string of the molecule is CCOC(=O)/C(=C/NS(=O)(=O)c1ccc(C)cc1)c1ccccc1. The molecular formula is C18H19NO4S. The minimum atomic E-state index is -3.76. The van der Waals surface area contributed by atoms with Gasteiger partial charge in [0.25, 0.3) is 10.0 Å². The van der Waals surface area contributed by atoms with E-state index in [4.69, 9.17) is 4.74 Å². The van der Waals surface area contributed by atoms with Crippen LogP contribution in [-0.2, 0) is 19.6 Å². The molecule has 2 aromatic rings. The van der Waals surface area contributed by atoms with Crippen molar-refractivity contribution in [1.82, 2.24) is 4.72 Å². The molecule has 0 aromatic heterocycles. The zero-order valence-electron chi connectivity index (χ0n) is 13.5. The molecule has 126 valence electrons. The van der Waals surface area contributed by atoms with E-state index in [9.17, 15) is 13.2 Å². The Hall–Kier alpha value is -2.60. The molecule has 0 radical (unpaired) electrons. The van der Waals surface area contributed by atoms with Gasteiger partial charge in [0.05, 0.1) is 17.1 Å². The van der Waals surface area contributed by atoms with Crippen LogP contribution in [0.15, 0.2) is 65.7 Å². The minimum absolute atomic E-state index is 0.126. The van der Waals surface area contributed by atoms with Crippen molar-refractivity contribution in [2.24, 2.45) is 0 Å². The molecule has 0 heterocycles. The number of nitrogens with one attached hydrogen (secondary N) is 1. The normalized spacial score (nSPS) is 11.8. The highest BCUT2D eigenvalue weighted by atomic mass is 32.2. The summed E-state index contributed by atoms with van der Waals surface area (Å²) < 4.78 is 32.0. The van der Waals surface area contributed by atoms with Crippen molar-refractivity contribution in [3.63, 3.8) is 0 Å². The van der Waals surface area contributed by atoms with Crippen molar-refractivity contribution in [2.45, 2.75) is 18.7 Å². The Morgan fingerprint density at radius 3 is 2.29 bits per heavy atom. The number of rotatable bonds is 6. The molecule has 6 heteroatoms. The zero-order chi connectivity index (χ0) is 17.6. The molecule has 0 fully saturated rings. The number of carbonyl (C=O) groups is 1. The second kappa shape index (κ2) is 7.79. The predicted molar refractivity (Wildman–Crippen MR) is 92.6 cm³/mol. The Labute approximate surface area is 142 Å². The van der Waals surface area contributed by atoms with Crippen LogP contribution in [0, 0.1) is 6.92 Å². The highest BCUT2D eigenvalue weighted by Gasteiger charge is 2.16. The van der Waals surface area contributed by atoms with Crippen LogP contribution in [0.4, 0.5) is 0 Å². The van der Waals surface area contributed by atoms with Crippen LogP contribution in [0.25, 0.3) is 5.57 Å². The lowest BCUT2D eigenvalue weighted by Gasteiger charge is -2.09. The molecule has 0 atom stereocenters. The van der Waals surface area contributed by atoms with Crippen molar-refractivity contribution in [1.29, 1.82) is 0 Å². The smallest absolute Gasteiger partial charge is 0.340 e. The average Bonchev–Trinajstić information content (AvgIpc) is 2.56. The van der Waals surface area contributed by atoms with E-state index in [1.165, 1.54) is 18.3 Å². The first-order valence-electron chi connectivity index (χ1n) is 7.46. The van der Waals surface area contributed by atoms with E-state index in [2.05, 4.69) is 4.72 Å². The van der Waals surface area contributed by atoms with Crippen molar-refractivity contribution in [2.75, 3.05) is 6.61 Å². The van der Waals surface area contributed by atoms with Gasteiger partial charge in [-0.2, -0.15) is 0 Å². The third-order valence-corrected chi connectivity index (χ3v) is 4.59. The first-order chi connectivity index (χ1) is 11.4. The highest BCUT2D eigenvalue weighted by Crippen LogP contribution is 2.16. The predicted octanol–water partition coefficient (Wildman–Crippen LogP) is 2.88. The maximum absolute atomic E-state index is 12.4. The number of hydrogen-bond donors (Lipinski definition) is 1. The summed E-state index contributed by atoms with van der Waals surface area (Å²) in [5.74, 6) is -0.588. The highest BCUT2D eigenvalue weighted by molar-refractivity contribution is 7.89. The molecule has 2 aromatic carbocycles. The molecular weight excluding hydrogens is 326 g/mol. The lowest BCUT2D eigenvalue weighted by molar-refractivity contribution is -0.136. The van der Waals surface area contributed by atoms with E-state index in [-0.39, 0.29) is 17.1 Å². The number of carbonyl (C=O) groups excluding carboxylic acids is 1. The van der Waals surface area contributed by atoms with Crippen LogP contribution < -0.4 is 4.72 Å². The van der Waals surface area contributed by atoms with E-state index in [1.807, 2.05) is 13.0 Å². The molecule has 0 saturated heterocycles. The second-order valence-corrected chi connectivity index (χ2v) is 6.79. The standard InChI is InChI=1S/C18H19NO4S/c1-3-23-18(20)17(15-7-5-4-6-8-15)13-19-24(21,22)16-11-9-14(2)10-12-16/h4-13,19H,3H2,1-2H3/b17-13+. The third kappa shape index (κ3) is 4.45. The summed E-state index contributed by atoms with van der Waals surface area (Å²) in [6, 6.07) is 15.2. The Morgan fingerprint density at radius 2 is 1.71 bits per heavy atom. The fourth-order valence-electron chi connectivity index (χ4n) is 2.01. The summed E-state index contributed by atoms with van der Waals surface area (Å²) in [7, 11) is -3.76. The van der Waals surface area contributed by atoms with Gasteiger partial charge in [0, 0.05) is 6.20 Å². The quantitative estimate of drug-likeness (QED) is 0.645. The fourth-order valence-corrected chi connectivity index (χ4v) is 2.91. The molecule has 0 aliphatic heterocycles. The van der Waals surface area contributed by atoms with Crippen molar-refractivity contribution < 1.29 is 17.9 Å². The topological polar surface area (TPSA) is 72.5 Å². The Morgan fingerprint density at radius 1 is 1.08 bits per heavy atom. The van der Waals surface area contributed by atoms with Crippen LogP contribution in [-0.4, -0.2) is 21.0 Å². The Kier molecular flexibility index (Phi) is 5.76. The van der Waals surface area contributed by atoms with Gasteiger partial charge < -0.3 is 4.74 Å². The van der Waals surface area contributed by atoms with Gasteiger partial charge in [0.1, 0.15) is 0 Å². The molecule has 0 bridgehead atoms. The van der Waals surface area contributed by atoms with Crippen LogP contribution in [0.1, 0.15) is 18.1 Å². The maximum atomic E-state index is 12.4. The van der Waals surface area contributed by atoms with Crippen LogP contribution >= 0.6 is 0 Å². The van der Waals surface area contributed by atoms with Gasteiger partial charge in [-0.15, -0.1) is 0 Å². The van der Waals surface area contributed by atoms with E-state index in [1.54, 1.807) is 43.3 Å². The van der Waals surface area contributed by atoms with Gasteiger partial charge >= 0.3 is 5.97 Å². The molecule has 0 unspecified atom stereocenters.